The van der Waals surface area contributed by atoms with Gasteiger partial charge in [-0.2, -0.15) is 0 Å². The standard InChI is InChI=1S/C31H38N4O5/c1-20-6-8-21(9-7-20)25(19-28(36)37)32-30(39)24-12-13-27(26(18-24)33-29(38)22-4-2-5-22)34-14-3-15-35(17-16-34)31(40)23-10-11-23/h6-9,12-13,18,22-23,25H,2-5,10-11,14-17,19H2,1H3,(H,32,39)(H,33,38)(H,36,37). The Hall–Kier alpha value is -3.88. The summed E-state index contributed by atoms with van der Waals surface area (Å²) in [5.41, 5.74) is 3.49. The van der Waals surface area contributed by atoms with E-state index in [1.54, 1.807) is 12.1 Å². The number of aryl methyl sites for hydroxylation is 1. The Balaban J connectivity index is 1.36. The quantitative estimate of drug-likeness (QED) is 0.435. The van der Waals surface area contributed by atoms with Crippen molar-refractivity contribution in [1.82, 2.24) is 10.2 Å². The van der Waals surface area contributed by atoms with Crippen molar-refractivity contribution in [2.45, 2.75) is 57.9 Å². The third-order valence-electron chi connectivity index (χ3n) is 8.23. The summed E-state index contributed by atoms with van der Waals surface area (Å²) in [7, 11) is 0. The van der Waals surface area contributed by atoms with Gasteiger partial charge in [0.1, 0.15) is 0 Å². The molecule has 3 amide bonds. The summed E-state index contributed by atoms with van der Waals surface area (Å²) in [5.74, 6) is -1.06. The Morgan fingerprint density at radius 3 is 2.30 bits per heavy atom. The van der Waals surface area contributed by atoms with E-state index < -0.39 is 17.9 Å². The van der Waals surface area contributed by atoms with Gasteiger partial charge in [0.2, 0.25) is 11.8 Å². The summed E-state index contributed by atoms with van der Waals surface area (Å²) in [4.78, 5) is 54.7. The van der Waals surface area contributed by atoms with E-state index in [1.165, 1.54) is 0 Å². The number of nitrogens with one attached hydrogen (secondary N) is 2. The SMILES string of the molecule is Cc1ccc(C(CC(=O)O)NC(=O)c2ccc(N3CCCN(C(=O)C4CC4)CC3)c(NC(=O)C3CCC3)c2)cc1. The molecule has 0 aromatic heterocycles. The number of hydrogen-bond acceptors (Lipinski definition) is 5. The summed E-state index contributed by atoms with van der Waals surface area (Å²) in [6.07, 6.45) is 5.29. The molecule has 2 aromatic rings. The molecule has 9 heteroatoms. The Morgan fingerprint density at radius 2 is 1.65 bits per heavy atom. The van der Waals surface area contributed by atoms with Gasteiger partial charge in [0.05, 0.1) is 23.8 Å². The molecule has 2 aromatic carbocycles. The van der Waals surface area contributed by atoms with Gasteiger partial charge < -0.3 is 25.5 Å². The monoisotopic (exact) mass is 546 g/mol. The molecule has 40 heavy (non-hydrogen) atoms. The van der Waals surface area contributed by atoms with Crippen LogP contribution in [-0.4, -0.2) is 59.9 Å². The summed E-state index contributed by atoms with van der Waals surface area (Å²) < 4.78 is 0. The van der Waals surface area contributed by atoms with E-state index in [-0.39, 0.29) is 30.1 Å². The molecule has 1 heterocycles. The molecule has 3 N–H and O–H groups in total. The van der Waals surface area contributed by atoms with Gasteiger partial charge in [-0.15, -0.1) is 0 Å². The van der Waals surface area contributed by atoms with Gasteiger partial charge in [0.15, 0.2) is 0 Å². The van der Waals surface area contributed by atoms with Gasteiger partial charge in [0, 0.05) is 43.6 Å². The summed E-state index contributed by atoms with van der Waals surface area (Å²) in [5, 5.41) is 15.4. The number of aliphatic carboxylic acids is 1. The predicted molar refractivity (Wildman–Crippen MR) is 152 cm³/mol. The molecule has 1 aliphatic heterocycles. The fourth-order valence-electron chi connectivity index (χ4n) is 5.39. The van der Waals surface area contributed by atoms with Crippen LogP contribution in [0, 0.1) is 18.8 Å². The van der Waals surface area contributed by atoms with Crippen LogP contribution in [-0.2, 0) is 14.4 Å². The molecule has 3 fully saturated rings. The van der Waals surface area contributed by atoms with Gasteiger partial charge in [0.25, 0.3) is 5.91 Å². The van der Waals surface area contributed by atoms with E-state index in [9.17, 15) is 24.3 Å². The van der Waals surface area contributed by atoms with Crippen LogP contribution in [0.1, 0.15) is 72.5 Å². The topological polar surface area (TPSA) is 119 Å². The maximum absolute atomic E-state index is 13.4. The molecule has 212 valence electrons. The molecule has 5 rings (SSSR count). The number of rotatable bonds is 9. The summed E-state index contributed by atoms with van der Waals surface area (Å²) >= 11 is 0. The highest BCUT2D eigenvalue weighted by Crippen LogP contribution is 2.34. The van der Waals surface area contributed by atoms with Crippen molar-refractivity contribution in [3.05, 3.63) is 59.2 Å². The number of carbonyl (C=O) groups is 4. The smallest absolute Gasteiger partial charge is 0.305 e. The summed E-state index contributed by atoms with van der Waals surface area (Å²) in [6.45, 7) is 4.67. The van der Waals surface area contributed by atoms with Crippen LogP contribution in [0.2, 0.25) is 0 Å². The number of hydrogen-bond donors (Lipinski definition) is 3. The minimum atomic E-state index is -1.01. The first kappa shape index (κ1) is 27.7. The predicted octanol–water partition coefficient (Wildman–Crippen LogP) is 4.13. The van der Waals surface area contributed by atoms with Gasteiger partial charge in [-0.1, -0.05) is 36.2 Å². The lowest BCUT2D eigenvalue weighted by Crippen LogP contribution is -2.36. The molecule has 0 bridgehead atoms. The van der Waals surface area contributed by atoms with Crippen LogP contribution >= 0.6 is 0 Å². The van der Waals surface area contributed by atoms with Crippen LogP contribution in [0.15, 0.2) is 42.5 Å². The highest BCUT2D eigenvalue weighted by Gasteiger charge is 2.34. The summed E-state index contributed by atoms with van der Waals surface area (Å²) in [6, 6.07) is 12.0. The molecule has 1 unspecified atom stereocenters. The zero-order valence-corrected chi connectivity index (χ0v) is 23.0. The van der Waals surface area contributed by atoms with Crippen molar-refractivity contribution < 1.29 is 24.3 Å². The van der Waals surface area contributed by atoms with Crippen molar-refractivity contribution >= 4 is 35.1 Å². The zero-order chi connectivity index (χ0) is 28.2. The highest BCUT2D eigenvalue weighted by molar-refractivity contribution is 6.01. The first-order chi connectivity index (χ1) is 19.3. The van der Waals surface area contributed by atoms with Crippen molar-refractivity contribution in [3.8, 4) is 0 Å². The molecule has 1 atom stereocenters. The van der Waals surface area contributed by atoms with Gasteiger partial charge in [-0.25, -0.2) is 0 Å². The number of carboxylic acid groups (broad SMARTS) is 1. The molecule has 2 aliphatic carbocycles. The van der Waals surface area contributed by atoms with E-state index >= 15 is 0 Å². The number of carbonyl (C=O) groups excluding carboxylic acids is 3. The lowest BCUT2D eigenvalue weighted by molar-refractivity contribution is -0.137. The molecular weight excluding hydrogens is 508 g/mol. The number of anilines is 2. The number of carboxylic acids is 1. The fraction of sp³-hybridized carbons (Fsp3) is 0.484. The molecule has 2 saturated carbocycles. The highest BCUT2D eigenvalue weighted by atomic mass is 16.4. The van der Waals surface area contributed by atoms with Crippen LogP contribution in [0.3, 0.4) is 0 Å². The Labute approximate surface area is 234 Å². The van der Waals surface area contributed by atoms with E-state index in [0.717, 1.165) is 62.9 Å². The van der Waals surface area contributed by atoms with Crippen LogP contribution < -0.4 is 15.5 Å². The molecule has 3 aliphatic rings. The van der Waals surface area contributed by atoms with E-state index in [1.807, 2.05) is 42.2 Å². The lowest BCUT2D eigenvalue weighted by Gasteiger charge is -2.29. The second-order valence-corrected chi connectivity index (χ2v) is 11.3. The van der Waals surface area contributed by atoms with Crippen molar-refractivity contribution in [2.75, 3.05) is 36.4 Å². The first-order valence-electron chi connectivity index (χ1n) is 14.4. The lowest BCUT2D eigenvalue weighted by atomic mass is 9.85. The average molecular weight is 547 g/mol. The average Bonchev–Trinajstić information content (AvgIpc) is 3.75. The molecule has 1 saturated heterocycles. The number of benzene rings is 2. The second kappa shape index (κ2) is 12.1. The minimum Gasteiger partial charge on any atom is -0.481 e. The van der Waals surface area contributed by atoms with Crippen molar-refractivity contribution in [2.24, 2.45) is 11.8 Å². The van der Waals surface area contributed by atoms with Crippen LogP contribution in [0.4, 0.5) is 11.4 Å². The van der Waals surface area contributed by atoms with Gasteiger partial charge in [-0.3, -0.25) is 19.2 Å². The van der Waals surface area contributed by atoms with Crippen molar-refractivity contribution in [1.29, 1.82) is 0 Å². The van der Waals surface area contributed by atoms with Crippen LogP contribution in [0.25, 0.3) is 0 Å². The van der Waals surface area contributed by atoms with E-state index in [4.69, 9.17) is 0 Å². The van der Waals surface area contributed by atoms with Gasteiger partial charge >= 0.3 is 5.97 Å². The fourth-order valence-corrected chi connectivity index (χ4v) is 5.39. The molecule has 0 radical (unpaired) electrons. The third-order valence-corrected chi connectivity index (χ3v) is 8.23. The normalized spacial score (nSPS) is 18.3. The third kappa shape index (κ3) is 6.63. The zero-order valence-electron chi connectivity index (χ0n) is 23.0. The van der Waals surface area contributed by atoms with Crippen LogP contribution in [0.5, 0.6) is 0 Å². The largest absolute Gasteiger partial charge is 0.481 e. The Kier molecular flexibility index (Phi) is 8.38. The number of amides is 3. The number of nitrogens with zero attached hydrogens (tertiary/aromatic N) is 2. The van der Waals surface area contributed by atoms with E-state index in [2.05, 4.69) is 15.5 Å². The maximum atomic E-state index is 13.4. The first-order valence-corrected chi connectivity index (χ1v) is 14.4. The molecule has 0 spiro atoms. The molecular formula is C31H38N4O5. The Morgan fingerprint density at radius 1 is 0.900 bits per heavy atom. The second-order valence-electron chi connectivity index (χ2n) is 11.3. The Bertz CT molecular complexity index is 1270. The maximum Gasteiger partial charge on any atom is 0.305 e. The van der Waals surface area contributed by atoms with E-state index in [0.29, 0.717) is 29.9 Å². The van der Waals surface area contributed by atoms with Gasteiger partial charge in [-0.05, 0) is 62.8 Å². The van der Waals surface area contributed by atoms with Crippen molar-refractivity contribution in [3.63, 3.8) is 0 Å². The molecule has 9 nitrogen and oxygen atoms in total. The minimum absolute atomic E-state index is 0.0254.